The van der Waals surface area contributed by atoms with Crippen LogP contribution in [0, 0.1) is 6.92 Å². The molecule has 1 aromatic carbocycles. The highest BCUT2D eigenvalue weighted by Gasteiger charge is 2.16. The van der Waals surface area contributed by atoms with E-state index in [9.17, 15) is 14.7 Å². The molecule has 4 nitrogen and oxygen atoms in total. The largest absolute Gasteiger partial charge is 0.504 e. The fourth-order valence-electron chi connectivity index (χ4n) is 2.01. The van der Waals surface area contributed by atoms with Gasteiger partial charge in [-0.2, -0.15) is 0 Å². The SMILES string of the molecule is Cc1cc(-c2ccc(/C=C/c3c(O)c(=O)c3=O)s2)ccn1. The molecule has 0 aliphatic rings. The highest BCUT2D eigenvalue weighted by atomic mass is 32.1. The summed E-state index contributed by atoms with van der Waals surface area (Å²) in [6.45, 7) is 1.94. The standard InChI is InChI=1S/C16H11NO3S/c1-9-8-10(6-7-17-9)13-5-3-11(21-13)2-4-12-14(18)16(20)15(12)19/h2-8,18H,1H3/b4-2+. The van der Waals surface area contributed by atoms with Gasteiger partial charge in [-0.25, -0.2) is 0 Å². The lowest BCUT2D eigenvalue weighted by Gasteiger charge is -1.98. The van der Waals surface area contributed by atoms with E-state index in [2.05, 4.69) is 4.98 Å². The Bertz CT molecular complexity index is 914. The highest BCUT2D eigenvalue weighted by Crippen LogP contribution is 2.29. The van der Waals surface area contributed by atoms with Crippen LogP contribution in [0.2, 0.25) is 0 Å². The zero-order valence-electron chi connectivity index (χ0n) is 11.2. The normalized spacial score (nSPS) is 11.5. The van der Waals surface area contributed by atoms with Crippen molar-refractivity contribution in [3.8, 4) is 16.2 Å². The van der Waals surface area contributed by atoms with Crippen LogP contribution in [0.5, 0.6) is 5.75 Å². The molecule has 3 aromatic rings. The Morgan fingerprint density at radius 1 is 1.14 bits per heavy atom. The number of hydrogen-bond acceptors (Lipinski definition) is 5. The Hall–Kier alpha value is -2.53. The summed E-state index contributed by atoms with van der Waals surface area (Å²) < 4.78 is 0. The minimum atomic E-state index is -0.811. The van der Waals surface area contributed by atoms with E-state index in [1.165, 1.54) is 6.08 Å². The number of rotatable bonds is 3. The molecule has 0 fully saturated rings. The van der Waals surface area contributed by atoms with Crippen molar-refractivity contribution in [3.63, 3.8) is 0 Å². The Labute approximate surface area is 124 Å². The average molecular weight is 297 g/mol. The van der Waals surface area contributed by atoms with Gasteiger partial charge in [-0.1, -0.05) is 0 Å². The summed E-state index contributed by atoms with van der Waals surface area (Å²) in [5.74, 6) is -0.446. The molecule has 2 heterocycles. The molecule has 104 valence electrons. The molecular weight excluding hydrogens is 286 g/mol. The topological polar surface area (TPSA) is 67.3 Å². The maximum absolute atomic E-state index is 11.2. The molecule has 0 radical (unpaired) electrons. The van der Waals surface area contributed by atoms with Crippen molar-refractivity contribution in [2.24, 2.45) is 0 Å². The zero-order chi connectivity index (χ0) is 15.0. The molecule has 5 heteroatoms. The van der Waals surface area contributed by atoms with Crippen molar-refractivity contribution in [2.75, 3.05) is 0 Å². The minimum Gasteiger partial charge on any atom is -0.504 e. The number of aryl methyl sites for hydroxylation is 1. The highest BCUT2D eigenvalue weighted by molar-refractivity contribution is 7.16. The number of nitrogens with zero attached hydrogens (tertiary/aromatic N) is 1. The van der Waals surface area contributed by atoms with Gasteiger partial charge in [-0.3, -0.25) is 14.6 Å². The molecule has 0 amide bonds. The molecule has 0 saturated heterocycles. The number of hydrogen-bond donors (Lipinski definition) is 1. The molecule has 0 atom stereocenters. The van der Waals surface area contributed by atoms with Gasteiger partial charge in [0.05, 0.1) is 5.56 Å². The maximum Gasteiger partial charge on any atom is 0.268 e. The van der Waals surface area contributed by atoms with Crippen molar-refractivity contribution in [2.45, 2.75) is 6.92 Å². The van der Waals surface area contributed by atoms with E-state index in [-0.39, 0.29) is 5.56 Å². The monoisotopic (exact) mass is 297 g/mol. The fraction of sp³-hybridized carbons (Fsp3) is 0.0625. The smallest absolute Gasteiger partial charge is 0.268 e. The summed E-state index contributed by atoms with van der Waals surface area (Å²) in [6.07, 6.45) is 4.96. The van der Waals surface area contributed by atoms with Crippen LogP contribution in [0.15, 0.2) is 40.1 Å². The summed E-state index contributed by atoms with van der Waals surface area (Å²) in [7, 11) is 0. The van der Waals surface area contributed by atoms with Crippen LogP contribution in [0.25, 0.3) is 22.6 Å². The van der Waals surface area contributed by atoms with E-state index in [1.54, 1.807) is 23.6 Å². The number of thiophene rings is 1. The van der Waals surface area contributed by atoms with E-state index >= 15 is 0 Å². The summed E-state index contributed by atoms with van der Waals surface area (Å²) in [5.41, 5.74) is 0.671. The second-order valence-electron chi connectivity index (χ2n) is 4.64. The zero-order valence-corrected chi connectivity index (χ0v) is 12.0. The van der Waals surface area contributed by atoms with Gasteiger partial charge in [-0.05, 0) is 48.9 Å². The Morgan fingerprint density at radius 2 is 1.95 bits per heavy atom. The van der Waals surface area contributed by atoms with Gasteiger partial charge in [0, 0.05) is 21.6 Å². The van der Waals surface area contributed by atoms with Gasteiger partial charge in [0.15, 0.2) is 5.75 Å². The van der Waals surface area contributed by atoms with Crippen LogP contribution >= 0.6 is 11.3 Å². The number of aromatic hydroxyl groups is 1. The molecule has 0 unspecified atom stereocenters. The van der Waals surface area contributed by atoms with Crippen molar-refractivity contribution >= 4 is 23.5 Å². The number of pyridine rings is 1. The Balaban J connectivity index is 1.86. The van der Waals surface area contributed by atoms with Gasteiger partial charge >= 0.3 is 0 Å². The van der Waals surface area contributed by atoms with Crippen molar-refractivity contribution in [1.82, 2.24) is 4.98 Å². The van der Waals surface area contributed by atoms with Crippen molar-refractivity contribution in [3.05, 3.63) is 67.0 Å². The van der Waals surface area contributed by atoms with E-state index in [1.807, 2.05) is 31.2 Å². The molecule has 0 spiro atoms. The van der Waals surface area contributed by atoms with Crippen LogP contribution in [-0.2, 0) is 0 Å². The minimum absolute atomic E-state index is 0.0784. The third kappa shape index (κ3) is 2.43. The second kappa shape index (κ2) is 5.10. The van der Waals surface area contributed by atoms with E-state index < -0.39 is 16.6 Å². The Morgan fingerprint density at radius 3 is 2.67 bits per heavy atom. The van der Waals surface area contributed by atoms with E-state index in [0.29, 0.717) is 0 Å². The molecule has 21 heavy (non-hydrogen) atoms. The molecule has 0 aliphatic heterocycles. The first kappa shape index (κ1) is 13.5. The fourth-order valence-corrected chi connectivity index (χ4v) is 2.92. The first-order valence-electron chi connectivity index (χ1n) is 6.29. The molecule has 0 saturated carbocycles. The summed E-state index contributed by atoms with van der Waals surface area (Å²) >= 11 is 1.56. The first-order valence-corrected chi connectivity index (χ1v) is 7.11. The van der Waals surface area contributed by atoms with Gasteiger partial charge in [-0.15, -0.1) is 11.3 Å². The van der Waals surface area contributed by atoms with Crippen LogP contribution in [0.4, 0.5) is 0 Å². The molecule has 1 N–H and O–H groups in total. The van der Waals surface area contributed by atoms with Crippen LogP contribution in [0.3, 0.4) is 0 Å². The van der Waals surface area contributed by atoms with Gasteiger partial charge in [0.2, 0.25) is 5.43 Å². The molecular formula is C16H11NO3S. The van der Waals surface area contributed by atoms with Gasteiger partial charge in [0.1, 0.15) is 0 Å². The lowest BCUT2D eigenvalue weighted by atomic mass is 10.1. The van der Waals surface area contributed by atoms with Crippen LogP contribution in [-0.4, -0.2) is 10.1 Å². The maximum atomic E-state index is 11.2. The second-order valence-corrected chi connectivity index (χ2v) is 5.76. The quantitative estimate of drug-likeness (QED) is 0.755. The van der Waals surface area contributed by atoms with Crippen LogP contribution < -0.4 is 10.9 Å². The lowest BCUT2D eigenvalue weighted by molar-refractivity contribution is 0.461. The molecule has 0 aliphatic carbocycles. The predicted molar refractivity (Wildman–Crippen MR) is 84.2 cm³/mol. The summed E-state index contributed by atoms with van der Waals surface area (Å²) in [4.78, 5) is 28.3. The Kier molecular flexibility index (Phi) is 3.27. The van der Waals surface area contributed by atoms with Crippen LogP contribution in [0.1, 0.15) is 16.1 Å². The number of aromatic nitrogens is 1. The molecule has 3 rings (SSSR count). The van der Waals surface area contributed by atoms with Gasteiger partial charge in [0.25, 0.3) is 5.43 Å². The first-order chi connectivity index (χ1) is 10.1. The van der Waals surface area contributed by atoms with Crippen molar-refractivity contribution < 1.29 is 5.11 Å². The molecule has 0 bridgehead atoms. The molecule has 2 aromatic heterocycles. The average Bonchev–Trinajstić information content (AvgIpc) is 2.95. The third-order valence-electron chi connectivity index (χ3n) is 3.14. The lowest BCUT2D eigenvalue weighted by Crippen LogP contribution is -2.32. The third-order valence-corrected chi connectivity index (χ3v) is 4.24. The van der Waals surface area contributed by atoms with Gasteiger partial charge < -0.3 is 5.11 Å². The van der Waals surface area contributed by atoms with Crippen molar-refractivity contribution in [1.29, 1.82) is 0 Å². The van der Waals surface area contributed by atoms with E-state index in [0.717, 1.165) is 21.0 Å². The summed E-state index contributed by atoms with van der Waals surface area (Å²) in [5, 5.41) is 9.29. The summed E-state index contributed by atoms with van der Waals surface area (Å²) in [6, 6.07) is 7.85. The van der Waals surface area contributed by atoms with E-state index in [4.69, 9.17) is 0 Å². The predicted octanol–water partition coefficient (Wildman–Crippen LogP) is 2.59.